The fourth-order valence-corrected chi connectivity index (χ4v) is 5.49. The lowest BCUT2D eigenvalue weighted by Crippen LogP contribution is -2.37. The van der Waals surface area contributed by atoms with Crippen molar-refractivity contribution in [2.45, 2.75) is 32.1 Å². The van der Waals surface area contributed by atoms with Crippen LogP contribution in [0.15, 0.2) is 36.5 Å². The zero-order valence-electron chi connectivity index (χ0n) is 20.8. The number of benzene rings is 1. The maximum absolute atomic E-state index is 15.4. The van der Waals surface area contributed by atoms with E-state index in [4.69, 9.17) is 6.57 Å². The van der Waals surface area contributed by atoms with E-state index < -0.39 is 40.5 Å². The van der Waals surface area contributed by atoms with Crippen molar-refractivity contribution in [3.05, 3.63) is 81.3 Å². The minimum atomic E-state index is -4.91. The maximum Gasteiger partial charge on any atom is 0.435 e. The van der Waals surface area contributed by atoms with Gasteiger partial charge in [-0.2, -0.15) is 29.6 Å². The lowest BCUT2D eigenvalue weighted by atomic mass is 9.83. The molecule has 12 heteroatoms. The molecule has 0 aliphatic carbocycles. The fourth-order valence-electron chi connectivity index (χ4n) is 4.47. The van der Waals surface area contributed by atoms with Crippen molar-refractivity contribution in [3.63, 3.8) is 0 Å². The molecule has 0 saturated heterocycles. The van der Waals surface area contributed by atoms with Crippen LogP contribution in [0.25, 0.3) is 16.0 Å². The Morgan fingerprint density at radius 2 is 2.03 bits per heavy atom. The van der Waals surface area contributed by atoms with Crippen LogP contribution < -0.4 is 0 Å². The maximum atomic E-state index is 15.4. The van der Waals surface area contributed by atoms with Crippen LogP contribution in [0.3, 0.4) is 0 Å². The van der Waals surface area contributed by atoms with Crippen molar-refractivity contribution in [2.24, 2.45) is 0 Å². The standard InChI is InChI=1S/C26H24F5N5OS/c1-5-36-13-18(25(33-36)26(29,30)31)23-15(8-9-19(27)24(23)28)17-12-35(22(37)7-6-10-34(3)4)14-20-16(17)11-21(32-2)38-20/h6-9,11,13,17H,5,10,12,14H2,1,3-4H3/b7-6+. The number of halogens is 5. The minimum Gasteiger partial charge on any atom is -0.333 e. The quantitative estimate of drug-likeness (QED) is 0.213. The highest BCUT2D eigenvalue weighted by Crippen LogP contribution is 2.46. The van der Waals surface area contributed by atoms with Crippen molar-refractivity contribution in [1.29, 1.82) is 0 Å². The van der Waals surface area contributed by atoms with Gasteiger partial charge in [0.15, 0.2) is 17.3 Å². The molecule has 0 bridgehead atoms. The Labute approximate surface area is 220 Å². The Hall–Kier alpha value is -3.56. The molecule has 0 radical (unpaired) electrons. The van der Waals surface area contributed by atoms with E-state index in [0.29, 0.717) is 22.0 Å². The van der Waals surface area contributed by atoms with Crippen LogP contribution in [0.2, 0.25) is 0 Å². The number of aryl methyl sites for hydroxylation is 1. The summed E-state index contributed by atoms with van der Waals surface area (Å²) in [5, 5.41) is 3.90. The predicted octanol–water partition coefficient (Wildman–Crippen LogP) is 6.07. The molecule has 1 aliphatic rings. The summed E-state index contributed by atoms with van der Waals surface area (Å²) in [7, 11) is 3.69. The van der Waals surface area contributed by atoms with Gasteiger partial charge in [-0.3, -0.25) is 9.48 Å². The summed E-state index contributed by atoms with van der Waals surface area (Å²) in [5.41, 5.74) is -1.78. The molecular weight excluding hydrogens is 525 g/mol. The highest BCUT2D eigenvalue weighted by Gasteiger charge is 2.40. The van der Waals surface area contributed by atoms with Crippen molar-refractivity contribution < 1.29 is 26.7 Å². The highest BCUT2D eigenvalue weighted by molar-refractivity contribution is 7.16. The number of carbonyl (C=O) groups excluding carboxylic acids is 1. The van der Waals surface area contributed by atoms with Gasteiger partial charge in [-0.15, -0.1) is 0 Å². The van der Waals surface area contributed by atoms with Gasteiger partial charge < -0.3 is 9.80 Å². The Morgan fingerprint density at radius 3 is 2.66 bits per heavy atom. The average molecular weight is 550 g/mol. The first kappa shape index (κ1) is 27.5. The second kappa shape index (κ2) is 10.7. The van der Waals surface area contributed by atoms with E-state index in [1.165, 1.54) is 17.0 Å². The van der Waals surface area contributed by atoms with Gasteiger partial charge in [0.05, 0.1) is 13.1 Å². The summed E-state index contributed by atoms with van der Waals surface area (Å²) < 4.78 is 72.7. The normalized spacial score (nSPS) is 15.8. The largest absolute Gasteiger partial charge is 0.435 e. The molecule has 0 spiro atoms. The third-order valence-electron chi connectivity index (χ3n) is 6.22. The summed E-state index contributed by atoms with van der Waals surface area (Å²) in [6.07, 6.45) is -0.768. The van der Waals surface area contributed by atoms with Crippen molar-refractivity contribution >= 4 is 22.2 Å². The minimum absolute atomic E-state index is 0.00759. The van der Waals surface area contributed by atoms with Crippen LogP contribution in [-0.2, 0) is 24.1 Å². The third kappa shape index (κ3) is 5.35. The first-order valence-corrected chi connectivity index (χ1v) is 12.5. The first-order chi connectivity index (χ1) is 17.9. The Kier molecular flexibility index (Phi) is 7.71. The zero-order chi connectivity index (χ0) is 27.8. The second-order valence-electron chi connectivity index (χ2n) is 9.08. The number of aromatic nitrogens is 2. The molecule has 1 unspecified atom stereocenters. The number of nitrogens with zero attached hydrogens (tertiary/aromatic N) is 5. The van der Waals surface area contributed by atoms with E-state index in [0.717, 1.165) is 28.3 Å². The van der Waals surface area contributed by atoms with Crippen LogP contribution in [0.5, 0.6) is 0 Å². The zero-order valence-corrected chi connectivity index (χ0v) is 21.6. The Morgan fingerprint density at radius 1 is 1.29 bits per heavy atom. The molecule has 1 atom stereocenters. The van der Waals surface area contributed by atoms with E-state index in [9.17, 15) is 22.4 Å². The number of likely N-dealkylation sites (N-methyl/N-ethyl adjacent to an activating group) is 1. The molecule has 38 heavy (non-hydrogen) atoms. The lowest BCUT2D eigenvalue weighted by molar-refractivity contribution is -0.141. The van der Waals surface area contributed by atoms with Crippen LogP contribution >= 0.6 is 11.3 Å². The van der Waals surface area contributed by atoms with Gasteiger partial charge in [0.1, 0.15) is 0 Å². The lowest BCUT2D eigenvalue weighted by Gasteiger charge is -2.34. The fraction of sp³-hybridized carbons (Fsp3) is 0.346. The number of fused-ring (bicyclic) bond motifs is 1. The number of alkyl halides is 3. The van der Waals surface area contributed by atoms with Crippen LogP contribution in [0, 0.1) is 18.2 Å². The SMILES string of the molecule is [C-]#[N+]c1cc2c(s1)CN(C(=O)/C=C/CN(C)C)CC2c1ccc(F)c(F)c1-c1cn(CC)nc1C(F)(F)F. The van der Waals surface area contributed by atoms with E-state index in [1.807, 2.05) is 19.0 Å². The molecule has 1 aliphatic heterocycles. The summed E-state index contributed by atoms with van der Waals surface area (Å²) in [5.74, 6) is -3.86. The summed E-state index contributed by atoms with van der Waals surface area (Å²) in [6.45, 7) is 9.80. The number of thiophene rings is 1. The molecule has 200 valence electrons. The van der Waals surface area contributed by atoms with E-state index in [1.54, 1.807) is 19.1 Å². The summed E-state index contributed by atoms with van der Waals surface area (Å²) in [4.78, 5) is 20.5. The molecule has 1 aromatic carbocycles. The van der Waals surface area contributed by atoms with Gasteiger partial charge in [0.2, 0.25) is 10.9 Å². The van der Waals surface area contributed by atoms with Crippen LogP contribution in [-0.4, -0.2) is 52.7 Å². The Bertz CT molecular complexity index is 1430. The third-order valence-corrected chi connectivity index (χ3v) is 7.25. The van der Waals surface area contributed by atoms with Gasteiger partial charge in [-0.05, 0) is 44.3 Å². The smallest absolute Gasteiger partial charge is 0.333 e. The van der Waals surface area contributed by atoms with E-state index in [-0.39, 0.29) is 31.1 Å². The van der Waals surface area contributed by atoms with E-state index in [2.05, 4.69) is 9.94 Å². The first-order valence-electron chi connectivity index (χ1n) is 11.7. The number of hydrogen-bond donors (Lipinski definition) is 0. The molecule has 3 heterocycles. The number of hydrogen-bond acceptors (Lipinski definition) is 4. The van der Waals surface area contributed by atoms with Crippen molar-refractivity contribution in [3.8, 4) is 11.1 Å². The summed E-state index contributed by atoms with van der Waals surface area (Å²) >= 11 is 1.16. The molecule has 0 saturated carbocycles. The number of carbonyl (C=O) groups is 1. The molecule has 2 aromatic heterocycles. The van der Waals surface area contributed by atoms with Crippen molar-refractivity contribution in [1.82, 2.24) is 19.6 Å². The molecule has 0 fully saturated rings. The van der Waals surface area contributed by atoms with Gasteiger partial charge in [-0.25, -0.2) is 13.6 Å². The monoisotopic (exact) mass is 549 g/mol. The van der Waals surface area contributed by atoms with E-state index >= 15 is 4.39 Å². The second-order valence-corrected chi connectivity index (χ2v) is 10.2. The highest BCUT2D eigenvalue weighted by atomic mass is 32.1. The van der Waals surface area contributed by atoms with Gasteiger partial charge in [0.25, 0.3) is 0 Å². The number of rotatable bonds is 6. The average Bonchev–Trinajstić information content (AvgIpc) is 3.48. The molecule has 0 N–H and O–H groups in total. The Balaban J connectivity index is 1.89. The van der Waals surface area contributed by atoms with Gasteiger partial charge in [0, 0.05) is 53.8 Å². The van der Waals surface area contributed by atoms with Crippen LogP contribution in [0.4, 0.5) is 27.0 Å². The summed E-state index contributed by atoms with van der Waals surface area (Å²) in [6, 6.07) is 3.72. The molecule has 3 aromatic rings. The molecule has 1 amide bonds. The van der Waals surface area contributed by atoms with Crippen LogP contribution in [0.1, 0.15) is 34.5 Å². The van der Waals surface area contributed by atoms with Gasteiger partial charge >= 0.3 is 6.18 Å². The molecule has 6 nitrogen and oxygen atoms in total. The number of amides is 1. The molecular formula is C26H24F5N5OS. The predicted molar refractivity (Wildman–Crippen MR) is 134 cm³/mol. The topological polar surface area (TPSA) is 45.7 Å². The van der Waals surface area contributed by atoms with Gasteiger partial charge in [-0.1, -0.05) is 12.1 Å². The molecule has 4 rings (SSSR count). The van der Waals surface area contributed by atoms with Crippen molar-refractivity contribution in [2.75, 3.05) is 27.2 Å².